The van der Waals surface area contributed by atoms with Crippen molar-refractivity contribution in [1.82, 2.24) is 5.32 Å². The first-order valence-corrected chi connectivity index (χ1v) is 7.70. The van der Waals surface area contributed by atoms with Gasteiger partial charge in [-0.05, 0) is 55.1 Å². The van der Waals surface area contributed by atoms with Gasteiger partial charge in [-0.15, -0.1) is 11.3 Å². The molecule has 1 aromatic carbocycles. The Labute approximate surface area is 117 Å². The number of hydrogen-bond acceptors (Lipinski definition) is 2. The highest BCUT2D eigenvalue weighted by Gasteiger charge is 2.21. The summed E-state index contributed by atoms with van der Waals surface area (Å²) >= 11 is 1.89. The summed E-state index contributed by atoms with van der Waals surface area (Å²) in [6.45, 7) is 2.97. The Balaban J connectivity index is 1.95. The molecule has 0 fully saturated rings. The molecule has 0 saturated heterocycles. The molecule has 1 atom stereocenters. The SMILES string of the molecule is CCNC(c1cccc(F)c1)c1cc2c(s1)CCC2. The fourth-order valence-electron chi connectivity index (χ4n) is 2.77. The summed E-state index contributed by atoms with van der Waals surface area (Å²) in [4.78, 5) is 2.84. The van der Waals surface area contributed by atoms with Crippen molar-refractivity contribution in [3.63, 3.8) is 0 Å². The molecule has 0 bridgehead atoms. The summed E-state index contributed by atoms with van der Waals surface area (Å²) in [6, 6.07) is 9.36. The predicted molar refractivity (Wildman–Crippen MR) is 78.3 cm³/mol. The van der Waals surface area contributed by atoms with E-state index in [2.05, 4.69) is 18.3 Å². The molecule has 0 saturated carbocycles. The van der Waals surface area contributed by atoms with Crippen LogP contribution in [-0.2, 0) is 12.8 Å². The van der Waals surface area contributed by atoms with Gasteiger partial charge in [0.15, 0.2) is 0 Å². The minimum atomic E-state index is -0.162. The zero-order valence-corrected chi connectivity index (χ0v) is 11.9. The first kappa shape index (κ1) is 12.8. The van der Waals surface area contributed by atoms with Crippen LogP contribution in [0.4, 0.5) is 4.39 Å². The van der Waals surface area contributed by atoms with E-state index in [4.69, 9.17) is 0 Å². The third-order valence-electron chi connectivity index (χ3n) is 3.64. The van der Waals surface area contributed by atoms with Crippen molar-refractivity contribution in [1.29, 1.82) is 0 Å². The van der Waals surface area contributed by atoms with E-state index in [-0.39, 0.29) is 11.9 Å². The molecule has 1 aliphatic carbocycles. The highest BCUT2D eigenvalue weighted by atomic mass is 32.1. The van der Waals surface area contributed by atoms with Crippen molar-refractivity contribution in [2.75, 3.05) is 6.54 Å². The summed E-state index contributed by atoms with van der Waals surface area (Å²) < 4.78 is 13.4. The van der Waals surface area contributed by atoms with Gasteiger partial charge in [0.1, 0.15) is 5.82 Å². The molecule has 1 aromatic heterocycles. The molecule has 2 aromatic rings. The summed E-state index contributed by atoms with van der Waals surface area (Å²) in [5.74, 6) is -0.162. The number of hydrogen-bond donors (Lipinski definition) is 1. The molecule has 19 heavy (non-hydrogen) atoms. The van der Waals surface area contributed by atoms with Gasteiger partial charge < -0.3 is 5.32 Å². The number of fused-ring (bicyclic) bond motifs is 1. The first-order chi connectivity index (χ1) is 9.28. The van der Waals surface area contributed by atoms with Gasteiger partial charge in [0.05, 0.1) is 6.04 Å². The second-order valence-corrected chi connectivity index (χ2v) is 6.16. The Kier molecular flexibility index (Phi) is 3.67. The van der Waals surface area contributed by atoms with Crippen LogP contribution in [0.15, 0.2) is 30.3 Å². The largest absolute Gasteiger partial charge is 0.306 e. The third-order valence-corrected chi connectivity index (χ3v) is 4.94. The van der Waals surface area contributed by atoms with Crippen molar-refractivity contribution >= 4 is 11.3 Å². The third kappa shape index (κ3) is 2.58. The number of benzene rings is 1. The minimum Gasteiger partial charge on any atom is -0.306 e. The molecule has 3 heteroatoms. The predicted octanol–water partition coefficient (Wildman–Crippen LogP) is 4.07. The van der Waals surface area contributed by atoms with E-state index < -0.39 is 0 Å². The zero-order chi connectivity index (χ0) is 13.2. The number of rotatable bonds is 4. The van der Waals surface area contributed by atoms with E-state index in [1.807, 2.05) is 17.4 Å². The van der Waals surface area contributed by atoms with Gasteiger partial charge in [-0.2, -0.15) is 0 Å². The van der Waals surface area contributed by atoms with Crippen molar-refractivity contribution < 1.29 is 4.39 Å². The quantitative estimate of drug-likeness (QED) is 0.886. The lowest BCUT2D eigenvalue weighted by Crippen LogP contribution is -2.21. The maximum atomic E-state index is 13.4. The summed E-state index contributed by atoms with van der Waals surface area (Å²) in [5, 5.41) is 3.47. The smallest absolute Gasteiger partial charge is 0.123 e. The topological polar surface area (TPSA) is 12.0 Å². The molecule has 3 rings (SSSR count). The van der Waals surface area contributed by atoms with E-state index in [0.29, 0.717) is 0 Å². The van der Waals surface area contributed by atoms with Gasteiger partial charge in [-0.3, -0.25) is 0 Å². The van der Waals surface area contributed by atoms with Crippen LogP contribution in [0.3, 0.4) is 0 Å². The summed E-state index contributed by atoms with van der Waals surface area (Å²) in [7, 11) is 0. The molecule has 0 aliphatic heterocycles. The molecule has 1 aliphatic rings. The van der Waals surface area contributed by atoms with Crippen LogP contribution in [0.1, 0.15) is 40.3 Å². The summed E-state index contributed by atoms with van der Waals surface area (Å²) in [6.07, 6.45) is 3.70. The van der Waals surface area contributed by atoms with Gasteiger partial charge in [0.25, 0.3) is 0 Å². The highest BCUT2D eigenvalue weighted by molar-refractivity contribution is 7.12. The van der Waals surface area contributed by atoms with Crippen LogP contribution in [0.2, 0.25) is 0 Å². The second-order valence-electron chi connectivity index (χ2n) is 5.00. The number of halogens is 1. The molecule has 1 N–H and O–H groups in total. The molecule has 1 heterocycles. The van der Waals surface area contributed by atoms with Crippen LogP contribution in [-0.4, -0.2) is 6.54 Å². The average molecular weight is 275 g/mol. The number of thiophene rings is 1. The average Bonchev–Trinajstić information content (AvgIpc) is 2.96. The van der Waals surface area contributed by atoms with Gasteiger partial charge in [0.2, 0.25) is 0 Å². The first-order valence-electron chi connectivity index (χ1n) is 6.88. The van der Waals surface area contributed by atoms with Gasteiger partial charge >= 0.3 is 0 Å². The summed E-state index contributed by atoms with van der Waals surface area (Å²) in [5.41, 5.74) is 2.51. The molecular weight excluding hydrogens is 257 g/mol. The molecular formula is C16H18FNS. The fourth-order valence-corrected chi connectivity index (χ4v) is 4.13. The van der Waals surface area contributed by atoms with E-state index in [1.165, 1.54) is 40.6 Å². The van der Waals surface area contributed by atoms with Crippen molar-refractivity contribution in [2.24, 2.45) is 0 Å². The van der Waals surface area contributed by atoms with E-state index in [0.717, 1.165) is 12.1 Å². The van der Waals surface area contributed by atoms with Gasteiger partial charge in [0, 0.05) is 9.75 Å². The lowest BCUT2D eigenvalue weighted by molar-refractivity contribution is 0.607. The van der Waals surface area contributed by atoms with Crippen LogP contribution in [0, 0.1) is 5.82 Å². The molecule has 100 valence electrons. The number of nitrogens with one attached hydrogen (secondary N) is 1. The Morgan fingerprint density at radius 1 is 1.32 bits per heavy atom. The lowest BCUT2D eigenvalue weighted by atomic mass is 10.0. The molecule has 0 spiro atoms. The lowest BCUT2D eigenvalue weighted by Gasteiger charge is -2.17. The fraction of sp³-hybridized carbons (Fsp3) is 0.375. The number of aryl methyl sites for hydroxylation is 2. The van der Waals surface area contributed by atoms with Gasteiger partial charge in [-0.1, -0.05) is 19.1 Å². The van der Waals surface area contributed by atoms with Crippen molar-refractivity contribution in [3.8, 4) is 0 Å². The molecule has 1 nitrogen and oxygen atoms in total. The maximum Gasteiger partial charge on any atom is 0.123 e. The highest BCUT2D eigenvalue weighted by Crippen LogP contribution is 2.36. The Hall–Kier alpha value is -1.19. The maximum absolute atomic E-state index is 13.4. The van der Waals surface area contributed by atoms with Crippen molar-refractivity contribution in [3.05, 3.63) is 57.0 Å². The van der Waals surface area contributed by atoms with Crippen LogP contribution >= 0.6 is 11.3 Å². The standard InChI is InChI=1S/C16H18FNS/c1-2-18-16(12-6-3-7-13(17)9-12)15-10-11-5-4-8-14(11)19-15/h3,6-7,9-10,16,18H,2,4-5,8H2,1H3. The Bertz CT molecular complexity index is 554. The normalized spacial score (nSPS) is 15.5. The van der Waals surface area contributed by atoms with Crippen LogP contribution in [0.25, 0.3) is 0 Å². The molecule has 0 amide bonds. The monoisotopic (exact) mass is 275 g/mol. The van der Waals surface area contributed by atoms with Crippen LogP contribution in [0.5, 0.6) is 0 Å². The van der Waals surface area contributed by atoms with E-state index in [1.54, 1.807) is 12.1 Å². The van der Waals surface area contributed by atoms with E-state index in [9.17, 15) is 4.39 Å². The van der Waals surface area contributed by atoms with Crippen molar-refractivity contribution in [2.45, 2.75) is 32.2 Å². The van der Waals surface area contributed by atoms with E-state index >= 15 is 0 Å². The Morgan fingerprint density at radius 3 is 2.95 bits per heavy atom. The minimum absolute atomic E-state index is 0.122. The molecule has 0 radical (unpaired) electrons. The Morgan fingerprint density at radius 2 is 2.21 bits per heavy atom. The van der Waals surface area contributed by atoms with Crippen LogP contribution < -0.4 is 5.32 Å². The molecule has 1 unspecified atom stereocenters. The van der Waals surface area contributed by atoms with Gasteiger partial charge in [-0.25, -0.2) is 4.39 Å². The second kappa shape index (κ2) is 5.43. The zero-order valence-electron chi connectivity index (χ0n) is 11.1.